The van der Waals surface area contributed by atoms with E-state index in [1.165, 1.54) is 5.56 Å². The van der Waals surface area contributed by atoms with Crippen LogP contribution in [0, 0.1) is 0 Å². The normalized spacial score (nSPS) is 31.6. The third-order valence-corrected chi connectivity index (χ3v) is 12.1. The summed E-state index contributed by atoms with van der Waals surface area (Å²) in [4.78, 5) is 18.8. The second-order valence-corrected chi connectivity index (χ2v) is 14.1. The molecular formula is C33H35BrN2O4S. The lowest BCUT2D eigenvalue weighted by Crippen LogP contribution is -2.82. The van der Waals surface area contributed by atoms with Gasteiger partial charge in [0.2, 0.25) is 5.91 Å². The van der Waals surface area contributed by atoms with Gasteiger partial charge in [0, 0.05) is 46.0 Å². The number of amides is 1. The maximum atomic E-state index is 13.5. The molecule has 1 saturated carbocycles. The maximum Gasteiger partial charge on any atom is 0.246 e. The Morgan fingerprint density at radius 3 is 2.80 bits per heavy atom. The molecule has 1 spiro atoms. The number of likely N-dealkylation sites (N-methyl/N-ethyl adjacent to an activating group) is 1. The maximum absolute atomic E-state index is 13.5. The first-order valence-electron chi connectivity index (χ1n) is 14.4. The van der Waals surface area contributed by atoms with Gasteiger partial charge in [0.05, 0.1) is 17.1 Å². The van der Waals surface area contributed by atoms with Crippen LogP contribution in [-0.4, -0.2) is 69.3 Å². The van der Waals surface area contributed by atoms with Crippen LogP contribution in [0.15, 0.2) is 64.5 Å². The van der Waals surface area contributed by atoms with Crippen molar-refractivity contribution in [1.29, 1.82) is 0 Å². The zero-order valence-electron chi connectivity index (χ0n) is 23.3. The van der Waals surface area contributed by atoms with Crippen molar-refractivity contribution in [1.82, 2.24) is 9.80 Å². The predicted molar refractivity (Wildman–Crippen MR) is 164 cm³/mol. The Kier molecular flexibility index (Phi) is 6.43. The quantitative estimate of drug-likeness (QED) is 0.348. The number of halogens is 1. The SMILES string of the molecule is CN(C(=O)/C=C/c1cc(Br)cs1)C1CC[C@@]2(O)[C@H]3Cc4ccc(O)c5c4[C@@]2(CCN3CCc2ccccc2)C1(C)O5. The Labute approximate surface area is 253 Å². The van der Waals surface area contributed by atoms with E-state index in [1.54, 1.807) is 28.4 Å². The summed E-state index contributed by atoms with van der Waals surface area (Å²) >= 11 is 5.05. The van der Waals surface area contributed by atoms with Gasteiger partial charge in [-0.25, -0.2) is 0 Å². The summed E-state index contributed by atoms with van der Waals surface area (Å²) in [5, 5.41) is 25.9. The number of phenols is 1. The van der Waals surface area contributed by atoms with Gasteiger partial charge in [-0.1, -0.05) is 36.4 Å². The molecule has 2 bridgehead atoms. The fourth-order valence-corrected chi connectivity index (χ4v) is 9.99. The molecule has 1 aromatic heterocycles. The molecule has 41 heavy (non-hydrogen) atoms. The van der Waals surface area contributed by atoms with Crippen LogP contribution >= 0.6 is 27.3 Å². The van der Waals surface area contributed by atoms with E-state index < -0.39 is 16.6 Å². The number of piperidine rings is 1. The average molecular weight is 636 g/mol. The number of nitrogens with zero attached hydrogens (tertiary/aromatic N) is 2. The number of aromatic hydroxyl groups is 1. The lowest BCUT2D eigenvalue weighted by atomic mass is 9.44. The van der Waals surface area contributed by atoms with Crippen molar-refractivity contribution in [3.8, 4) is 11.5 Å². The Morgan fingerprint density at radius 2 is 2.05 bits per heavy atom. The molecular weight excluding hydrogens is 600 g/mol. The third-order valence-electron chi connectivity index (χ3n) is 10.5. The minimum Gasteiger partial charge on any atom is -0.504 e. The summed E-state index contributed by atoms with van der Waals surface area (Å²) in [6, 6.07) is 15.9. The van der Waals surface area contributed by atoms with E-state index in [2.05, 4.69) is 52.0 Å². The van der Waals surface area contributed by atoms with Gasteiger partial charge < -0.3 is 19.8 Å². The molecule has 3 heterocycles. The molecule has 2 aromatic carbocycles. The summed E-state index contributed by atoms with van der Waals surface area (Å²) in [6.45, 7) is 3.76. The number of phenolic OH excluding ortho intramolecular Hbond substituents is 1. The number of ether oxygens (including phenoxy) is 1. The van der Waals surface area contributed by atoms with Gasteiger partial charge in [-0.3, -0.25) is 9.69 Å². The molecule has 0 radical (unpaired) electrons. The number of carbonyl (C=O) groups is 1. The second-order valence-electron chi connectivity index (χ2n) is 12.2. The molecule has 214 valence electrons. The van der Waals surface area contributed by atoms with E-state index in [0.717, 1.165) is 40.0 Å². The van der Waals surface area contributed by atoms with E-state index in [0.29, 0.717) is 31.4 Å². The van der Waals surface area contributed by atoms with Crippen LogP contribution in [0.3, 0.4) is 0 Å². The van der Waals surface area contributed by atoms with E-state index in [1.807, 2.05) is 36.7 Å². The van der Waals surface area contributed by atoms with Crippen molar-refractivity contribution in [2.75, 3.05) is 20.1 Å². The number of hydrogen-bond acceptors (Lipinski definition) is 6. The van der Waals surface area contributed by atoms with Crippen LogP contribution in [0.25, 0.3) is 6.08 Å². The first kappa shape index (κ1) is 27.2. The molecule has 8 heteroatoms. The van der Waals surface area contributed by atoms with Gasteiger partial charge in [0.15, 0.2) is 11.5 Å². The molecule has 2 aliphatic carbocycles. The largest absolute Gasteiger partial charge is 0.504 e. The number of likely N-dealkylation sites (tertiary alicyclic amines) is 1. The summed E-state index contributed by atoms with van der Waals surface area (Å²) in [6.07, 6.45) is 7.00. The predicted octanol–water partition coefficient (Wildman–Crippen LogP) is 5.54. The highest BCUT2D eigenvalue weighted by Gasteiger charge is 2.78. The van der Waals surface area contributed by atoms with Crippen molar-refractivity contribution in [3.63, 3.8) is 0 Å². The Balaban J connectivity index is 1.25. The van der Waals surface area contributed by atoms with Crippen LogP contribution in [-0.2, 0) is 23.1 Å². The summed E-state index contributed by atoms with van der Waals surface area (Å²) in [5.41, 5.74) is 0.732. The fourth-order valence-electron chi connectivity index (χ4n) is 8.65. The molecule has 6 nitrogen and oxygen atoms in total. The van der Waals surface area contributed by atoms with E-state index in [-0.39, 0.29) is 23.7 Å². The highest BCUT2D eigenvalue weighted by molar-refractivity contribution is 9.10. The molecule has 7 rings (SSSR count). The third kappa shape index (κ3) is 3.83. The lowest BCUT2D eigenvalue weighted by molar-refractivity contribution is -0.229. The minimum atomic E-state index is -1.04. The van der Waals surface area contributed by atoms with E-state index in [4.69, 9.17) is 4.74 Å². The Bertz CT molecular complexity index is 1540. The molecule has 1 amide bonds. The minimum absolute atomic E-state index is 0.0648. The highest BCUT2D eigenvalue weighted by Crippen LogP contribution is 2.69. The van der Waals surface area contributed by atoms with Crippen molar-refractivity contribution in [2.45, 2.75) is 67.7 Å². The second kappa shape index (κ2) is 9.69. The topological polar surface area (TPSA) is 73.2 Å². The molecule has 2 aliphatic heterocycles. The molecule has 2 fully saturated rings. The molecule has 4 aliphatic rings. The molecule has 2 unspecified atom stereocenters. The smallest absolute Gasteiger partial charge is 0.246 e. The van der Waals surface area contributed by atoms with Crippen molar-refractivity contribution < 1.29 is 19.7 Å². The van der Waals surface area contributed by atoms with Crippen LogP contribution < -0.4 is 4.74 Å². The Morgan fingerprint density at radius 1 is 1.24 bits per heavy atom. The molecule has 2 N–H and O–H groups in total. The van der Waals surface area contributed by atoms with Crippen molar-refractivity contribution >= 4 is 39.2 Å². The van der Waals surface area contributed by atoms with Crippen LogP contribution in [0.4, 0.5) is 0 Å². The van der Waals surface area contributed by atoms with Gasteiger partial charge in [0.1, 0.15) is 5.60 Å². The number of rotatable bonds is 6. The number of thiophene rings is 1. The van der Waals surface area contributed by atoms with Crippen LogP contribution in [0.1, 0.15) is 47.8 Å². The number of hydrogen-bond donors (Lipinski definition) is 2. The lowest BCUT2D eigenvalue weighted by Gasteiger charge is -2.67. The first-order chi connectivity index (χ1) is 19.7. The van der Waals surface area contributed by atoms with Crippen LogP contribution in [0.5, 0.6) is 11.5 Å². The molecule has 5 atom stereocenters. The number of carbonyl (C=O) groups excluding carboxylic acids is 1. The van der Waals surface area contributed by atoms with Gasteiger partial charge >= 0.3 is 0 Å². The standard InChI is InChI=1S/C33H35BrN2O4S/c1-31-26(35(2)28(38)11-9-24-19-23(34)20-41-24)12-14-33(39)27-18-22-8-10-25(37)30(40-31)29(22)32(31,33)15-17-36(27)16-13-21-6-4-3-5-7-21/h3-11,19-20,26-27,37,39H,12-18H2,1-2H3/b11-9+/t26?,27-,31?,32+,33-/m1/s1. The van der Waals surface area contributed by atoms with Crippen LogP contribution in [0.2, 0.25) is 0 Å². The van der Waals surface area contributed by atoms with Crippen molar-refractivity contribution in [2.24, 2.45) is 0 Å². The van der Waals surface area contributed by atoms with Gasteiger partial charge in [-0.2, -0.15) is 0 Å². The highest BCUT2D eigenvalue weighted by atomic mass is 79.9. The molecule has 1 saturated heterocycles. The summed E-state index contributed by atoms with van der Waals surface area (Å²) in [7, 11) is 1.84. The monoisotopic (exact) mass is 634 g/mol. The van der Waals surface area contributed by atoms with Gasteiger partial charge in [0.25, 0.3) is 0 Å². The zero-order valence-corrected chi connectivity index (χ0v) is 25.7. The van der Waals surface area contributed by atoms with E-state index in [9.17, 15) is 15.0 Å². The van der Waals surface area contributed by atoms with Crippen molar-refractivity contribution in [3.05, 3.63) is 86.0 Å². The summed E-state index contributed by atoms with van der Waals surface area (Å²) in [5.74, 6) is 0.502. The first-order valence-corrected chi connectivity index (χ1v) is 16.1. The van der Waals surface area contributed by atoms with E-state index >= 15 is 0 Å². The number of benzene rings is 2. The fraction of sp³-hybridized carbons (Fsp3) is 0.424. The average Bonchev–Trinajstić information content (AvgIpc) is 3.50. The molecule has 3 aromatic rings. The Hall–Kier alpha value is -2.65. The van der Waals surface area contributed by atoms with Gasteiger partial charge in [-0.05, 0) is 90.8 Å². The zero-order chi connectivity index (χ0) is 28.6. The number of aliphatic hydroxyl groups is 1. The van der Waals surface area contributed by atoms with Gasteiger partial charge in [-0.15, -0.1) is 11.3 Å². The summed E-state index contributed by atoms with van der Waals surface area (Å²) < 4.78 is 7.82.